The number of para-hydroxylation sites is 1. The van der Waals surface area contributed by atoms with Gasteiger partial charge in [-0.25, -0.2) is 13.2 Å². The van der Waals surface area contributed by atoms with Crippen molar-refractivity contribution in [1.29, 1.82) is 0 Å². The fourth-order valence-corrected chi connectivity index (χ4v) is 6.63. The smallest absolute Gasteiger partial charge is 0.427 e. The van der Waals surface area contributed by atoms with Crippen LogP contribution in [0.15, 0.2) is 76.2 Å². The second-order valence-corrected chi connectivity index (χ2v) is 12.3. The largest absolute Gasteiger partial charge is 0.744 e. The fourth-order valence-electron chi connectivity index (χ4n) is 4.28. The van der Waals surface area contributed by atoms with Gasteiger partial charge in [-0.3, -0.25) is 0 Å². The van der Waals surface area contributed by atoms with Crippen LogP contribution in [0.4, 0.5) is 5.69 Å². The number of carbonyl (C=O) groups is 1. The molecule has 0 atom stereocenters. The highest BCUT2D eigenvalue weighted by molar-refractivity contribution is 8.40. The molecular formula is C27H32N2O4S3. The maximum absolute atomic E-state index is 12.6. The van der Waals surface area contributed by atoms with E-state index in [0.717, 1.165) is 21.4 Å². The van der Waals surface area contributed by atoms with Crippen molar-refractivity contribution in [2.24, 2.45) is 0 Å². The van der Waals surface area contributed by atoms with Crippen LogP contribution in [-0.2, 0) is 20.3 Å². The van der Waals surface area contributed by atoms with E-state index in [4.69, 9.17) is 0 Å². The van der Waals surface area contributed by atoms with Gasteiger partial charge < -0.3 is 9.45 Å². The average molecular weight is 545 g/mol. The van der Waals surface area contributed by atoms with Crippen LogP contribution in [0.25, 0.3) is 0 Å². The monoisotopic (exact) mass is 544 g/mol. The van der Waals surface area contributed by atoms with Gasteiger partial charge in [-0.2, -0.15) is 0 Å². The Hall–Kier alpha value is -2.33. The first-order valence-corrected chi connectivity index (χ1v) is 15.1. The molecule has 2 aromatic carbocycles. The lowest BCUT2D eigenvalue weighted by Gasteiger charge is -2.25. The Morgan fingerprint density at radius 2 is 1.72 bits per heavy atom. The van der Waals surface area contributed by atoms with Crippen molar-refractivity contribution in [1.82, 2.24) is 0 Å². The van der Waals surface area contributed by atoms with Gasteiger partial charge in [-0.1, -0.05) is 61.5 Å². The van der Waals surface area contributed by atoms with E-state index >= 15 is 0 Å². The number of likely N-dealkylation sites (N-methyl/N-ethyl adjacent to an activating group) is 2. The van der Waals surface area contributed by atoms with E-state index < -0.39 is 10.1 Å². The molecule has 0 aromatic heterocycles. The Bertz CT molecular complexity index is 1340. The van der Waals surface area contributed by atoms with E-state index in [0.29, 0.717) is 6.54 Å². The minimum absolute atomic E-state index is 0.0630. The summed E-state index contributed by atoms with van der Waals surface area (Å²) < 4.78 is 34.1. The molecule has 36 heavy (non-hydrogen) atoms. The number of hydrogen-bond donors (Lipinski definition) is 0. The number of thioether (sulfide) groups is 2. The summed E-state index contributed by atoms with van der Waals surface area (Å²) in [4.78, 5) is 15.6. The van der Waals surface area contributed by atoms with Gasteiger partial charge in [0, 0.05) is 23.3 Å². The van der Waals surface area contributed by atoms with E-state index in [2.05, 4.69) is 56.0 Å². The van der Waals surface area contributed by atoms with Gasteiger partial charge in [0.1, 0.15) is 15.0 Å². The Morgan fingerprint density at radius 3 is 2.25 bits per heavy atom. The summed E-state index contributed by atoms with van der Waals surface area (Å²) in [5, 5.41) is 0. The van der Waals surface area contributed by atoms with Crippen LogP contribution in [0.3, 0.4) is 0 Å². The van der Waals surface area contributed by atoms with E-state index in [9.17, 15) is 17.8 Å². The third-order valence-corrected chi connectivity index (χ3v) is 9.28. The lowest BCUT2D eigenvalue weighted by atomic mass is 9.84. The Balaban J connectivity index is 0.000000275. The van der Waals surface area contributed by atoms with Crippen molar-refractivity contribution in [3.05, 3.63) is 82.4 Å². The van der Waals surface area contributed by atoms with Gasteiger partial charge in [0.05, 0.1) is 4.90 Å². The Kier molecular flexibility index (Phi) is 8.93. The molecule has 2 aliphatic rings. The molecule has 9 heteroatoms. The number of anilines is 1. The number of benzene rings is 2. The summed E-state index contributed by atoms with van der Waals surface area (Å²) in [6.07, 6.45) is 6.17. The van der Waals surface area contributed by atoms with Crippen molar-refractivity contribution in [2.75, 3.05) is 24.2 Å². The zero-order valence-corrected chi connectivity index (χ0v) is 23.9. The molecule has 1 amide bonds. The predicted octanol–water partition coefficient (Wildman–Crippen LogP) is 5.50. The highest BCUT2D eigenvalue weighted by Crippen LogP contribution is 2.47. The van der Waals surface area contributed by atoms with Crippen LogP contribution >= 0.6 is 23.5 Å². The number of amides is 1. The first kappa shape index (κ1) is 28.2. The molecule has 0 N–H and O–H groups in total. The summed E-state index contributed by atoms with van der Waals surface area (Å²) in [5.74, 6) is 0.116. The maximum atomic E-state index is 12.6. The highest BCUT2D eigenvalue weighted by Gasteiger charge is 2.40. The second kappa shape index (κ2) is 11.4. The van der Waals surface area contributed by atoms with Crippen molar-refractivity contribution in [2.45, 2.75) is 44.9 Å². The van der Waals surface area contributed by atoms with Crippen LogP contribution in [-0.4, -0.2) is 47.2 Å². The summed E-state index contributed by atoms with van der Waals surface area (Å²) >= 11 is 3.22. The number of allylic oxidation sites excluding steroid dienone is 3. The molecule has 192 valence electrons. The maximum Gasteiger partial charge on any atom is 0.427 e. The molecule has 0 aliphatic carbocycles. The molecule has 4 rings (SSSR count). The van der Waals surface area contributed by atoms with Crippen molar-refractivity contribution >= 4 is 49.6 Å². The number of hydrogen-bond acceptors (Lipinski definition) is 7. The molecule has 0 saturated heterocycles. The summed E-state index contributed by atoms with van der Waals surface area (Å²) in [7, 11) is -4.27. The first-order chi connectivity index (χ1) is 16.9. The Morgan fingerprint density at radius 1 is 1.08 bits per heavy atom. The van der Waals surface area contributed by atoms with E-state index in [1.165, 1.54) is 29.1 Å². The van der Waals surface area contributed by atoms with Crippen molar-refractivity contribution in [3.8, 4) is 0 Å². The fraction of sp³-hybridized carbons (Fsp3) is 0.333. The van der Waals surface area contributed by atoms with E-state index in [1.54, 1.807) is 35.7 Å². The van der Waals surface area contributed by atoms with Crippen molar-refractivity contribution in [3.63, 3.8) is 0 Å². The minimum Gasteiger partial charge on any atom is -0.744 e. The molecule has 2 aromatic rings. The second-order valence-electron chi connectivity index (χ2n) is 8.86. The topological polar surface area (TPSA) is 80.5 Å². The van der Waals surface area contributed by atoms with Gasteiger partial charge in [0.15, 0.2) is 6.54 Å². The lowest BCUT2D eigenvalue weighted by molar-refractivity contribution is -0.433. The molecule has 0 fully saturated rings. The van der Waals surface area contributed by atoms with Gasteiger partial charge in [-0.15, -0.1) is 4.58 Å². The summed E-state index contributed by atoms with van der Waals surface area (Å²) in [6.45, 7) is 12.2. The predicted molar refractivity (Wildman–Crippen MR) is 150 cm³/mol. The molecule has 6 nitrogen and oxygen atoms in total. The van der Waals surface area contributed by atoms with Gasteiger partial charge in [-0.05, 0) is 74.7 Å². The van der Waals surface area contributed by atoms with Crippen LogP contribution < -0.4 is 4.90 Å². The average Bonchev–Trinajstić information content (AvgIpc) is 3.27. The zero-order valence-electron chi connectivity index (χ0n) is 21.4. The molecule has 0 radical (unpaired) electrons. The normalized spacial score (nSPS) is 19.1. The zero-order chi connectivity index (χ0) is 26.7. The minimum atomic E-state index is -4.27. The summed E-state index contributed by atoms with van der Waals surface area (Å²) in [6, 6.07) is 14.4. The highest BCUT2D eigenvalue weighted by atomic mass is 32.2. The lowest BCUT2D eigenvalue weighted by Crippen LogP contribution is -2.25. The number of rotatable bonds is 4. The first-order valence-electron chi connectivity index (χ1n) is 11.7. The van der Waals surface area contributed by atoms with Gasteiger partial charge in [0.2, 0.25) is 0 Å². The number of fused-ring (bicyclic) bond motifs is 1. The van der Waals surface area contributed by atoms with Gasteiger partial charge >= 0.3 is 5.91 Å². The number of carbonyl (C=O) groups excluding carboxylic acids is 1. The molecule has 0 unspecified atom stereocenters. The van der Waals surface area contributed by atoms with E-state index in [-0.39, 0.29) is 16.2 Å². The summed E-state index contributed by atoms with van der Waals surface area (Å²) in [5.41, 5.74) is 4.73. The van der Waals surface area contributed by atoms with Gasteiger partial charge in [0.25, 0.3) is 4.38 Å². The third kappa shape index (κ3) is 5.80. The standard InChI is InChI=1S/C20H25N2OS2.C7H8O3S/c1-6-21-15-11-9-8-10-14(15)20(3,4)17(21)13-12-16-18(23)22(7-2)19(24-5)25-16;1-6-2-4-7(5-3-6)11(8,9)10/h8-13H,6-7H2,1-5H3;2-5H,1H3,(H,8,9,10)/q+1;/p-1. The number of nitrogens with zero attached hydrogens (tertiary/aromatic N) is 2. The van der Waals surface area contributed by atoms with Crippen LogP contribution in [0.1, 0.15) is 38.8 Å². The van der Waals surface area contributed by atoms with Crippen molar-refractivity contribution < 1.29 is 22.3 Å². The van der Waals surface area contributed by atoms with Crippen LogP contribution in [0, 0.1) is 6.92 Å². The van der Waals surface area contributed by atoms with E-state index in [1.807, 2.05) is 30.8 Å². The quantitative estimate of drug-likeness (QED) is 0.286. The molecule has 0 spiro atoms. The molecular weight excluding hydrogens is 513 g/mol. The van der Waals surface area contributed by atoms with Crippen LogP contribution in [0.2, 0.25) is 0 Å². The molecule has 2 heterocycles. The number of aryl methyl sites for hydroxylation is 1. The molecule has 0 saturated carbocycles. The third-order valence-electron chi connectivity index (χ3n) is 6.18. The SMILES string of the molecule is CCN1C(=CC=C2SC(SC)=[N+](CC)C2=O)C(C)(C)c2ccccc21.Cc1ccc(S(=O)(=O)[O-])cc1. The van der Waals surface area contributed by atoms with Crippen LogP contribution in [0.5, 0.6) is 0 Å². The molecule has 2 aliphatic heterocycles. The Labute approximate surface area is 222 Å². The molecule has 0 bridgehead atoms.